The van der Waals surface area contributed by atoms with Gasteiger partial charge in [-0.1, -0.05) is 12.1 Å². The zero-order valence-corrected chi connectivity index (χ0v) is 15.0. The lowest BCUT2D eigenvalue weighted by Crippen LogP contribution is -2.28. The van der Waals surface area contributed by atoms with Gasteiger partial charge < -0.3 is 15.0 Å². The number of hydrogen-bond donors (Lipinski definition) is 1. The maximum Gasteiger partial charge on any atom is 0.132 e. The molecule has 2 aromatic rings. The Bertz CT molecular complexity index is 688. The molecule has 0 amide bonds. The third-order valence-corrected chi connectivity index (χ3v) is 4.76. The average molecular weight is 346 g/mol. The van der Waals surface area contributed by atoms with Crippen molar-refractivity contribution in [1.82, 2.24) is 20.0 Å². The van der Waals surface area contributed by atoms with E-state index in [4.69, 9.17) is 4.74 Å². The number of halogens is 1. The van der Waals surface area contributed by atoms with Crippen LogP contribution in [0.25, 0.3) is 11.3 Å². The average Bonchev–Trinajstić information content (AvgIpc) is 3.20. The molecule has 1 fully saturated rings. The van der Waals surface area contributed by atoms with Crippen molar-refractivity contribution in [3.8, 4) is 11.3 Å². The molecule has 6 heteroatoms. The zero-order chi connectivity index (χ0) is 17.6. The number of ether oxygens (including phenoxy) is 1. The van der Waals surface area contributed by atoms with Gasteiger partial charge in [0.25, 0.3) is 0 Å². The van der Waals surface area contributed by atoms with Gasteiger partial charge in [0.15, 0.2) is 0 Å². The SMILES string of the molecule is COCCN1CCC(CNCc2cn(C)nc2-c2ccccc2F)C1. The fourth-order valence-electron chi connectivity index (χ4n) is 3.46. The molecule has 1 aromatic carbocycles. The van der Waals surface area contributed by atoms with Crippen LogP contribution in [-0.4, -0.2) is 54.6 Å². The molecule has 3 rings (SSSR count). The van der Waals surface area contributed by atoms with E-state index >= 15 is 0 Å². The van der Waals surface area contributed by atoms with Gasteiger partial charge in [-0.25, -0.2) is 4.39 Å². The lowest BCUT2D eigenvalue weighted by molar-refractivity contribution is 0.159. The molecule has 0 bridgehead atoms. The van der Waals surface area contributed by atoms with Crippen LogP contribution in [0.2, 0.25) is 0 Å². The van der Waals surface area contributed by atoms with Gasteiger partial charge in [0.1, 0.15) is 5.82 Å². The van der Waals surface area contributed by atoms with Crippen LogP contribution in [0.15, 0.2) is 30.5 Å². The fraction of sp³-hybridized carbons (Fsp3) is 0.526. The maximum atomic E-state index is 14.1. The number of benzene rings is 1. The first kappa shape index (κ1) is 18.0. The Morgan fingerprint density at radius 2 is 2.20 bits per heavy atom. The second-order valence-corrected chi connectivity index (χ2v) is 6.74. The van der Waals surface area contributed by atoms with Crippen molar-refractivity contribution < 1.29 is 9.13 Å². The molecule has 1 saturated heterocycles. The second-order valence-electron chi connectivity index (χ2n) is 6.74. The molecule has 1 aromatic heterocycles. The molecule has 1 N–H and O–H groups in total. The van der Waals surface area contributed by atoms with Crippen LogP contribution < -0.4 is 5.32 Å². The molecule has 0 saturated carbocycles. The van der Waals surface area contributed by atoms with Crippen molar-refractivity contribution >= 4 is 0 Å². The van der Waals surface area contributed by atoms with Crippen LogP contribution >= 0.6 is 0 Å². The number of nitrogens with one attached hydrogen (secondary N) is 1. The van der Waals surface area contributed by atoms with Crippen molar-refractivity contribution in [2.24, 2.45) is 13.0 Å². The first-order valence-electron chi connectivity index (χ1n) is 8.87. The smallest absolute Gasteiger partial charge is 0.132 e. The highest BCUT2D eigenvalue weighted by Gasteiger charge is 2.22. The molecule has 1 unspecified atom stereocenters. The summed E-state index contributed by atoms with van der Waals surface area (Å²) >= 11 is 0. The minimum atomic E-state index is -0.230. The van der Waals surface area contributed by atoms with Crippen LogP contribution in [0.1, 0.15) is 12.0 Å². The van der Waals surface area contributed by atoms with E-state index in [1.54, 1.807) is 23.9 Å². The summed E-state index contributed by atoms with van der Waals surface area (Å²) < 4.78 is 21.0. The summed E-state index contributed by atoms with van der Waals surface area (Å²) in [6.45, 7) is 5.72. The topological polar surface area (TPSA) is 42.3 Å². The summed E-state index contributed by atoms with van der Waals surface area (Å²) in [6.07, 6.45) is 3.18. The van der Waals surface area contributed by atoms with Crippen LogP contribution in [0, 0.1) is 11.7 Å². The fourth-order valence-corrected chi connectivity index (χ4v) is 3.46. The second kappa shape index (κ2) is 8.56. The molecule has 5 nitrogen and oxygen atoms in total. The number of likely N-dealkylation sites (tertiary alicyclic amines) is 1. The summed E-state index contributed by atoms with van der Waals surface area (Å²) in [5.41, 5.74) is 2.31. The van der Waals surface area contributed by atoms with Crippen molar-refractivity contribution in [1.29, 1.82) is 0 Å². The quantitative estimate of drug-likeness (QED) is 0.796. The zero-order valence-electron chi connectivity index (χ0n) is 15.0. The van der Waals surface area contributed by atoms with Crippen LogP contribution in [0.5, 0.6) is 0 Å². The van der Waals surface area contributed by atoms with E-state index in [2.05, 4.69) is 15.3 Å². The first-order chi connectivity index (χ1) is 12.2. The highest BCUT2D eigenvalue weighted by atomic mass is 19.1. The molecule has 0 radical (unpaired) electrons. The standard InChI is InChI=1S/C19H27FN4O/c1-23-14-16(19(22-23)17-5-3-4-6-18(17)20)12-21-11-15-7-8-24(13-15)9-10-25-2/h3-6,14-15,21H,7-13H2,1-2H3. The summed E-state index contributed by atoms with van der Waals surface area (Å²) in [7, 11) is 3.62. The van der Waals surface area contributed by atoms with Gasteiger partial charge in [0.2, 0.25) is 0 Å². The van der Waals surface area contributed by atoms with E-state index in [9.17, 15) is 4.39 Å². The van der Waals surface area contributed by atoms with E-state index in [0.29, 0.717) is 18.0 Å². The molecule has 0 spiro atoms. The van der Waals surface area contributed by atoms with Crippen molar-refractivity contribution in [2.45, 2.75) is 13.0 Å². The third kappa shape index (κ3) is 4.66. The monoisotopic (exact) mass is 346 g/mol. The molecule has 1 aliphatic rings. The Kier molecular flexibility index (Phi) is 6.18. The Balaban J connectivity index is 1.55. The van der Waals surface area contributed by atoms with Crippen LogP contribution in [-0.2, 0) is 18.3 Å². The van der Waals surface area contributed by atoms with Gasteiger partial charge >= 0.3 is 0 Å². The molecular weight excluding hydrogens is 319 g/mol. The normalized spacial score (nSPS) is 18.1. The van der Waals surface area contributed by atoms with Crippen LogP contribution in [0.3, 0.4) is 0 Å². The molecule has 1 aliphatic heterocycles. The van der Waals surface area contributed by atoms with E-state index in [0.717, 1.165) is 44.0 Å². The molecule has 1 atom stereocenters. The predicted molar refractivity (Wildman–Crippen MR) is 96.7 cm³/mol. The summed E-state index contributed by atoms with van der Waals surface area (Å²) in [6, 6.07) is 6.81. The number of methoxy groups -OCH3 is 1. The first-order valence-corrected chi connectivity index (χ1v) is 8.87. The van der Waals surface area contributed by atoms with E-state index in [1.165, 1.54) is 12.5 Å². The predicted octanol–water partition coefficient (Wildman–Crippen LogP) is 2.28. The Labute approximate surface area is 148 Å². The van der Waals surface area contributed by atoms with E-state index in [1.807, 2.05) is 19.3 Å². The van der Waals surface area contributed by atoms with Gasteiger partial charge in [-0.3, -0.25) is 4.68 Å². The highest BCUT2D eigenvalue weighted by molar-refractivity contribution is 5.63. The van der Waals surface area contributed by atoms with E-state index < -0.39 is 0 Å². The molecule has 2 heterocycles. The number of aromatic nitrogens is 2. The lowest BCUT2D eigenvalue weighted by Gasteiger charge is -2.15. The van der Waals surface area contributed by atoms with Crippen molar-refractivity contribution in [3.05, 3.63) is 41.8 Å². The third-order valence-electron chi connectivity index (χ3n) is 4.76. The minimum Gasteiger partial charge on any atom is -0.383 e. The number of hydrogen-bond acceptors (Lipinski definition) is 4. The molecular formula is C19H27FN4O. The molecule has 25 heavy (non-hydrogen) atoms. The summed E-state index contributed by atoms with van der Waals surface area (Å²) in [5, 5.41) is 7.98. The molecule has 136 valence electrons. The van der Waals surface area contributed by atoms with Crippen LogP contribution in [0.4, 0.5) is 4.39 Å². The Morgan fingerprint density at radius 3 is 3.00 bits per heavy atom. The van der Waals surface area contributed by atoms with Gasteiger partial charge in [-0.2, -0.15) is 5.10 Å². The van der Waals surface area contributed by atoms with Gasteiger partial charge in [-0.05, 0) is 37.6 Å². The highest BCUT2D eigenvalue weighted by Crippen LogP contribution is 2.24. The van der Waals surface area contributed by atoms with Gasteiger partial charge in [0, 0.05) is 51.1 Å². The summed E-state index contributed by atoms with van der Waals surface area (Å²) in [5.74, 6) is 0.428. The van der Waals surface area contributed by atoms with E-state index in [-0.39, 0.29) is 5.82 Å². The summed E-state index contributed by atoms with van der Waals surface area (Å²) in [4.78, 5) is 2.45. The Hall–Kier alpha value is -1.76. The number of rotatable bonds is 8. The van der Waals surface area contributed by atoms with Crippen molar-refractivity contribution in [2.75, 3.05) is 39.9 Å². The maximum absolute atomic E-state index is 14.1. The van der Waals surface area contributed by atoms with Gasteiger partial charge in [0.05, 0.1) is 12.3 Å². The number of nitrogens with zero attached hydrogens (tertiary/aromatic N) is 3. The Morgan fingerprint density at radius 1 is 1.36 bits per heavy atom. The molecule has 0 aliphatic carbocycles. The number of aryl methyl sites for hydroxylation is 1. The minimum absolute atomic E-state index is 0.230. The lowest BCUT2D eigenvalue weighted by atomic mass is 10.1. The van der Waals surface area contributed by atoms with Gasteiger partial charge in [-0.15, -0.1) is 0 Å². The van der Waals surface area contributed by atoms with Crippen molar-refractivity contribution in [3.63, 3.8) is 0 Å². The largest absolute Gasteiger partial charge is 0.383 e.